The maximum atomic E-state index is 12.8. The van der Waals surface area contributed by atoms with Gasteiger partial charge in [-0.2, -0.15) is 0 Å². The topological polar surface area (TPSA) is 46.5 Å². The third-order valence-electron chi connectivity index (χ3n) is 4.28. The molecule has 0 aliphatic heterocycles. The monoisotopic (exact) mass is 380 g/mol. The predicted octanol–water partition coefficient (Wildman–Crippen LogP) is 5.71. The van der Waals surface area contributed by atoms with Crippen LogP contribution < -0.4 is 0 Å². The fourth-order valence-corrected chi connectivity index (χ4v) is 2.80. The summed E-state index contributed by atoms with van der Waals surface area (Å²) >= 11 is 0. The highest BCUT2D eigenvalue weighted by molar-refractivity contribution is 6.02. The molecule has 0 heterocycles. The molecule has 1 unspecified atom stereocenters. The number of ether oxygens (including phenoxy) is 1. The smallest absolute Gasteiger partial charge is 0.198 e. The summed E-state index contributed by atoms with van der Waals surface area (Å²) in [5.74, 6) is -0.217. The fraction of sp³-hybridized carbons (Fsp3) is 0.320. The molecule has 0 aliphatic rings. The van der Waals surface area contributed by atoms with Crippen LogP contribution in [0, 0.1) is 0 Å². The standard InChI is InChI=1S/C19H22O2.C6H10O/c1-2-3-10-15-19(21,17-13-8-5-9-14-17)18(20)16-11-6-4-7-12-16;1-3-5-7-6-4-2/h4-9,11-14,21H,2-3,10,15H2,1H3;3-4H,1-2,5-6H2. The van der Waals surface area contributed by atoms with E-state index in [2.05, 4.69) is 20.1 Å². The molecule has 0 bridgehead atoms. The number of Topliss-reactive ketones (excluding diaryl/α,β-unsaturated/α-hetero) is 1. The van der Waals surface area contributed by atoms with Crippen molar-refractivity contribution in [3.05, 3.63) is 97.1 Å². The predicted molar refractivity (Wildman–Crippen MR) is 116 cm³/mol. The van der Waals surface area contributed by atoms with Gasteiger partial charge in [0.2, 0.25) is 0 Å². The highest BCUT2D eigenvalue weighted by Crippen LogP contribution is 2.31. The Bertz CT molecular complexity index is 686. The summed E-state index contributed by atoms with van der Waals surface area (Å²) in [5.41, 5.74) is -0.201. The van der Waals surface area contributed by atoms with Crippen LogP contribution in [0.1, 0.15) is 48.5 Å². The van der Waals surface area contributed by atoms with E-state index in [1.165, 1.54) is 0 Å². The zero-order valence-electron chi connectivity index (χ0n) is 16.8. The van der Waals surface area contributed by atoms with Gasteiger partial charge in [-0.15, -0.1) is 13.2 Å². The minimum Gasteiger partial charge on any atom is -0.377 e. The van der Waals surface area contributed by atoms with E-state index in [9.17, 15) is 9.90 Å². The lowest BCUT2D eigenvalue weighted by Crippen LogP contribution is -2.35. The van der Waals surface area contributed by atoms with Crippen molar-refractivity contribution in [3.63, 3.8) is 0 Å². The van der Waals surface area contributed by atoms with Crippen LogP contribution in [0.3, 0.4) is 0 Å². The summed E-state index contributed by atoms with van der Waals surface area (Å²) in [6, 6.07) is 18.3. The number of hydrogen-bond donors (Lipinski definition) is 1. The lowest BCUT2D eigenvalue weighted by Gasteiger charge is -2.27. The van der Waals surface area contributed by atoms with Crippen LogP contribution >= 0.6 is 0 Å². The van der Waals surface area contributed by atoms with Crippen LogP contribution in [0.4, 0.5) is 0 Å². The molecule has 0 spiro atoms. The summed E-state index contributed by atoms with van der Waals surface area (Å²) in [6.07, 6.45) is 6.79. The molecule has 0 saturated heterocycles. The van der Waals surface area contributed by atoms with E-state index >= 15 is 0 Å². The SMILES string of the molecule is C=CCOCC=C.CCCCCC(O)(C(=O)c1ccccc1)c1ccccc1. The highest BCUT2D eigenvalue weighted by Gasteiger charge is 2.37. The summed E-state index contributed by atoms with van der Waals surface area (Å²) < 4.78 is 4.90. The number of benzene rings is 2. The molecule has 0 aromatic heterocycles. The second-order valence-corrected chi connectivity index (χ2v) is 6.49. The Morgan fingerprint density at radius 3 is 2.00 bits per heavy atom. The Morgan fingerprint density at radius 1 is 0.964 bits per heavy atom. The number of aliphatic hydroxyl groups is 1. The Kier molecular flexibility index (Phi) is 11.5. The van der Waals surface area contributed by atoms with Crippen molar-refractivity contribution in [2.24, 2.45) is 0 Å². The summed E-state index contributed by atoms with van der Waals surface area (Å²) in [6.45, 7) is 10.3. The van der Waals surface area contributed by atoms with Gasteiger partial charge in [0.25, 0.3) is 0 Å². The van der Waals surface area contributed by atoms with Gasteiger partial charge in [0.1, 0.15) is 0 Å². The molecular weight excluding hydrogens is 348 g/mol. The molecule has 0 fully saturated rings. The minimum absolute atomic E-state index is 0.217. The van der Waals surface area contributed by atoms with Crippen LogP contribution in [0.25, 0.3) is 0 Å². The largest absolute Gasteiger partial charge is 0.377 e. The Hall–Kier alpha value is -2.49. The second kappa shape index (κ2) is 13.6. The fourth-order valence-electron chi connectivity index (χ4n) is 2.80. The molecule has 0 amide bonds. The van der Waals surface area contributed by atoms with Crippen LogP contribution in [-0.4, -0.2) is 24.1 Å². The second-order valence-electron chi connectivity index (χ2n) is 6.49. The van der Waals surface area contributed by atoms with E-state index in [1.807, 2.05) is 48.5 Å². The molecule has 1 N–H and O–H groups in total. The minimum atomic E-state index is -1.43. The first-order valence-corrected chi connectivity index (χ1v) is 9.77. The van der Waals surface area contributed by atoms with Gasteiger partial charge in [0.15, 0.2) is 11.4 Å². The van der Waals surface area contributed by atoms with E-state index in [4.69, 9.17) is 4.74 Å². The van der Waals surface area contributed by atoms with Gasteiger partial charge in [-0.25, -0.2) is 0 Å². The van der Waals surface area contributed by atoms with Gasteiger partial charge < -0.3 is 9.84 Å². The Labute approximate surface area is 169 Å². The summed E-state index contributed by atoms with van der Waals surface area (Å²) in [7, 11) is 0. The van der Waals surface area contributed by atoms with Crippen LogP contribution in [0.15, 0.2) is 86.0 Å². The molecule has 0 radical (unpaired) electrons. The van der Waals surface area contributed by atoms with Crippen molar-refractivity contribution < 1.29 is 14.6 Å². The van der Waals surface area contributed by atoms with Gasteiger partial charge in [0.05, 0.1) is 13.2 Å². The van der Waals surface area contributed by atoms with E-state index in [0.29, 0.717) is 30.8 Å². The molecule has 2 aromatic carbocycles. The lowest BCUT2D eigenvalue weighted by atomic mass is 9.82. The maximum absolute atomic E-state index is 12.8. The van der Waals surface area contributed by atoms with Crippen LogP contribution in [0.5, 0.6) is 0 Å². The van der Waals surface area contributed by atoms with Gasteiger partial charge in [0, 0.05) is 5.56 Å². The summed E-state index contributed by atoms with van der Waals surface area (Å²) in [4.78, 5) is 12.8. The van der Waals surface area contributed by atoms with Crippen molar-refractivity contribution in [3.8, 4) is 0 Å². The van der Waals surface area contributed by atoms with Gasteiger partial charge in [-0.05, 0) is 18.4 Å². The first-order valence-electron chi connectivity index (χ1n) is 9.77. The van der Waals surface area contributed by atoms with Crippen LogP contribution in [-0.2, 0) is 10.3 Å². The number of carbonyl (C=O) groups excluding carboxylic acids is 1. The maximum Gasteiger partial charge on any atom is 0.198 e. The van der Waals surface area contributed by atoms with Crippen molar-refractivity contribution in [2.75, 3.05) is 13.2 Å². The Morgan fingerprint density at radius 2 is 1.50 bits per heavy atom. The average Bonchev–Trinajstić information content (AvgIpc) is 2.75. The van der Waals surface area contributed by atoms with Gasteiger partial charge >= 0.3 is 0 Å². The van der Waals surface area contributed by atoms with Crippen molar-refractivity contribution >= 4 is 5.78 Å². The third-order valence-corrected chi connectivity index (χ3v) is 4.28. The van der Waals surface area contributed by atoms with E-state index < -0.39 is 5.60 Å². The zero-order chi connectivity index (χ0) is 20.7. The van der Waals surface area contributed by atoms with Gasteiger partial charge in [-0.3, -0.25) is 4.79 Å². The molecule has 1 atom stereocenters. The van der Waals surface area contributed by atoms with Crippen molar-refractivity contribution in [1.82, 2.24) is 0 Å². The quantitative estimate of drug-likeness (QED) is 0.308. The van der Waals surface area contributed by atoms with E-state index in [1.54, 1.807) is 24.3 Å². The normalized spacial score (nSPS) is 12.2. The molecule has 0 aliphatic carbocycles. The molecule has 0 saturated carbocycles. The molecule has 2 rings (SSSR count). The summed E-state index contributed by atoms with van der Waals surface area (Å²) in [5, 5.41) is 11.1. The molecule has 3 nitrogen and oxygen atoms in total. The average molecular weight is 381 g/mol. The van der Waals surface area contributed by atoms with E-state index in [-0.39, 0.29) is 5.78 Å². The molecule has 3 heteroatoms. The van der Waals surface area contributed by atoms with Gasteiger partial charge in [-0.1, -0.05) is 92.6 Å². The first-order chi connectivity index (χ1) is 13.6. The zero-order valence-corrected chi connectivity index (χ0v) is 16.8. The molecular formula is C25H32O3. The highest BCUT2D eigenvalue weighted by atomic mass is 16.5. The van der Waals surface area contributed by atoms with Crippen molar-refractivity contribution in [1.29, 1.82) is 0 Å². The third kappa shape index (κ3) is 7.63. The Balaban J connectivity index is 0.000000480. The number of ketones is 1. The molecule has 28 heavy (non-hydrogen) atoms. The number of unbranched alkanes of at least 4 members (excludes halogenated alkanes) is 2. The lowest BCUT2D eigenvalue weighted by molar-refractivity contribution is 0.0237. The number of carbonyl (C=O) groups is 1. The first kappa shape index (κ1) is 23.5. The van der Waals surface area contributed by atoms with Crippen molar-refractivity contribution in [2.45, 2.75) is 38.2 Å². The number of hydrogen-bond acceptors (Lipinski definition) is 3. The number of rotatable bonds is 11. The molecule has 2 aromatic rings. The van der Waals surface area contributed by atoms with E-state index in [0.717, 1.165) is 19.3 Å². The molecule has 150 valence electrons. The van der Waals surface area contributed by atoms with Crippen LogP contribution in [0.2, 0.25) is 0 Å².